The number of hydrogen-bond donors (Lipinski definition) is 2. The van der Waals surface area contributed by atoms with Crippen molar-refractivity contribution in [2.75, 3.05) is 5.32 Å². The van der Waals surface area contributed by atoms with Crippen LogP contribution in [0, 0.1) is 5.92 Å². The molecule has 0 spiro atoms. The lowest BCUT2D eigenvalue weighted by molar-refractivity contribution is -0.142. The van der Waals surface area contributed by atoms with Gasteiger partial charge in [-0.3, -0.25) is 9.59 Å². The Kier molecular flexibility index (Phi) is 5.31. The summed E-state index contributed by atoms with van der Waals surface area (Å²) in [6.07, 6.45) is 1.62. The first kappa shape index (κ1) is 16.2. The second-order valence-electron chi connectivity index (χ2n) is 5.51. The summed E-state index contributed by atoms with van der Waals surface area (Å²) in [5, 5.41) is 12.0. The van der Waals surface area contributed by atoms with Gasteiger partial charge in [0.2, 0.25) is 5.91 Å². The highest BCUT2D eigenvalue weighted by molar-refractivity contribution is 5.92. The van der Waals surface area contributed by atoms with Gasteiger partial charge in [-0.05, 0) is 44.4 Å². The minimum atomic E-state index is -0.933. The van der Waals surface area contributed by atoms with Crippen LogP contribution in [0.25, 0.3) is 0 Å². The van der Waals surface area contributed by atoms with E-state index in [1.54, 1.807) is 38.1 Å². The van der Waals surface area contributed by atoms with E-state index in [2.05, 4.69) is 5.32 Å². The van der Waals surface area contributed by atoms with Gasteiger partial charge in [0.05, 0.1) is 5.41 Å². The fraction of sp³-hybridized carbons (Fsp3) is 0.500. The minimum Gasteiger partial charge on any atom is -0.481 e. The molecular weight excluding hydrogens is 254 g/mol. The lowest BCUT2D eigenvalue weighted by Crippen LogP contribution is -2.28. The predicted molar refractivity (Wildman–Crippen MR) is 79.8 cm³/mol. The number of carbonyl (C=O) groups is 2. The molecule has 1 aromatic carbocycles. The van der Waals surface area contributed by atoms with Crippen LogP contribution in [-0.4, -0.2) is 17.0 Å². The lowest BCUT2D eigenvalue weighted by atomic mass is 9.85. The first-order chi connectivity index (χ1) is 9.32. The maximum Gasteiger partial charge on any atom is 0.313 e. The molecule has 2 N–H and O–H groups in total. The number of hydrogen-bond acceptors (Lipinski definition) is 2. The SMILES string of the molecule is CCC(CC)C(=O)Nc1ccc(C(C)(C)C(=O)O)cc1. The zero-order valence-electron chi connectivity index (χ0n) is 12.6. The highest BCUT2D eigenvalue weighted by Gasteiger charge is 2.29. The molecule has 0 atom stereocenters. The average Bonchev–Trinajstić information content (AvgIpc) is 2.40. The summed E-state index contributed by atoms with van der Waals surface area (Å²) >= 11 is 0. The third-order valence-corrected chi connectivity index (χ3v) is 3.77. The molecule has 0 unspecified atom stereocenters. The van der Waals surface area contributed by atoms with Crippen LogP contribution in [0.2, 0.25) is 0 Å². The molecule has 110 valence electrons. The lowest BCUT2D eigenvalue weighted by Gasteiger charge is -2.20. The molecule has 0 radical (unpaired) electrons. The highest BCUT2D eigenvalue weighted by Crippen LogP contribution is 2.25. The topological polar surface area (TPSA) is 66.4 Å². The Balaban J connectivity index is 2.82. The molecule has 0 aliphatic heterocycles. The number of aliphatic carboxylic acids is 1. The van der Waals surface area contributed by atoms with Crippen molar-refractivity contribution in [1.82, 2.24) is 0 Å². The van der Waals surface area contributed by atoms with E-state index in [1.165, 1.54) is 0 Å². The molecule has 0 aliphatic rings. The number of anilines is 1. The summed E-state index contributed by atoms with van der Waals surface area (Å²) in [6, 6.07) is 6.99. The van der Waals surface area contributed by atoms with Crippen molar-refractivity contribution in [3.05, 3.63) is 29.8 Å². The summed E-state index contributed by atoms with van der Waals surface area (Å²) in [6.45, 7) is 7.30. The third kappa shape index (κ3) is 3.59. The van der Waals surface area contributed by atoms with Crippen LogP contribution in [0.3, 0.4) is 0 Å². The Morgan fingerprint density at radius 1 is 1.15 bits per heavy atom. The van der Waals surface area contributed by atoms with E-state index in [1.807, 2.05) is 13.8 Å². The first-order valence-corrected chi connectivity index (χ1v) is 6.97. The molecular formula is C16H23NO3. The monoisotopic (exact) mass is 277 g/mol. The number of carbonyl (C=O) groups excluding carboxylic acids is 1. The van der Waals surface area contributed by atoms with E-state index >= 15 is 0 Å². The molecule has 4 heteroatoms. The Labute approximate surface area is 120 Å². The summed E-state index contributed by atoms with van der Waals surface area (Å²) < 4.78 is 0. The molecule has 0 fully saturated rings. The number of rotatable bonds is 6. The maximum atomic E-state index is 12.0. The van der Waals surface area contributed by atoms with Gasteiger partial charge in [-0.2, -0.15) is 0 Å². The standard InChI is InChI=1S/C16H23NO3/c1-5-11(6-2)14(18)17-13-9-7-12(8-10-13)16(3,4)15(19)20/h7-11H,5-6H2,1-4H3,(H,17,18)(H,19,20). The molecule has 0 aromatic heterocycles. The van der Waals surface area contributed by atoms with Gasteiger partial charge in [0.1, 0.15) is 0 Å². The van der Waals surface area contributed by atoms with Gasteiger partial charge in [-0.15, -0.1) is 0 Å². The average molecular weight is 277 g/mol. The fourth-order valence-corrected chi connectivity index (χ4v) is 2.00. The fourth-order valence-electron chi connectivity index (χ4n) is 2.00. The van der Waals surface area contributed by atoms with Crippen LogP contribution in [0.1, 0.15) is 46.1 Å². The van der Waals surface area contributed by atoms with Gasteiger partial charge in [0, 0.05) is 11.6 Å². The van der Waals surface area contributed by atoms with Crippen molar-refractivity contribution in [3.8, 4) is 0 Å². The van der Waals surface area contributed by atoms with Crippen LogP contribution >= 0.6 is 0 Å². The van der Waals surface area contributed by atoms with Crippen LogP contribution in [0.15, 0.2) is 24.3 Å². The summed E-state index contributed by atoms with van der Waals surface area (Å²) in [5.41, 5.74) is 0.482. The normalized spacial score (nSPS) is 11.4. The van der Waals surface area contributed by atoms with Crippen molar-refractivity contribution in [3.63, 3.8) is 0 Å². The number of benzene rings is 1. The van der Waals surface area contributed by atoms with Gasteiger partial charge in [-0.25, -0.2) is 0 Å². The zero-order valence-corrected chi connectivity index (χ0v) is 12.6. The molecule has 20 heavy (non-hydrogen) atoms. The summed E-state index contributed by atoms with van der Waals surface area (Å²) in [7, 11) is 0. The second-order valence-corrected chi connectivity index (χ2v) is 5.51. The van der Waals surface area contributed by atoms with E-state index in [-0.39, 0.29) is 11.8 Å². The van der Waals surface area contributed by atoms with Crippen LogP contribution in [0.5, 0.6) is 0 Å². The van der Waals surface area contributed by atoms with Crippen molar-refractivity contribution >= 4 is 17.6 Å². The molecule has 1 aromatic rings. The molecule has 0 heterocycles. The molecule has 4 nitrogen and oxygen atoms in total. The summed E-state index contributed by atoms with van der Waals surface area (Å²) in [5.74, 6) is -0.836. The summed E-state index contributed by atoms with van der Waals surface area (Å²) in [4.78, 5) is 23.1. The predicted octanol–water partition coefficient (Wildman–Crippen LogP) is 3.42. The van der Waals surface area contributed by atoms with Crippen molar-refractivity contribution in [1.29, 1.82) is 0 Å². The molecule has 0 bridgehead atoms. The van der Waals surface area contributed by atoms with Crippen LogP contribution in [0.4, 0.5) is 5.69 Å². The van der Waals surface area contributed by atoms with E-state index in [9.17, 15) is 14.7 Å². The number of amides is 1. The van der Waals surface area contributed by atoms with Gasteiger partial charge < -0.3 is 10.4 Å². The van der Waals surface area contributed by atoms with E-state index < -0.39 is 11.4 Å². The molecule has 0 saturated carbocycles. The molecule has 1 amide bonds. The smallest absolute Gasteiger partial charge is 0.313 e. The Morgan fingerprint density at radius 3 is 2.05 bits per heavy atom. The number of carboxylic acids is 1. The first-order valence-electron chi connectivity index (χ1n) is 6.97. The van der Waals surface area contributed by atoms with Crippen LogP contribution in [-0.2, 0) is 15.0 Å². The quantitative estimate of drug-likeness (QED) is 0.837. The van der Waals surface area contributed by atoms with Gasteiger partial charge in [-0.1, -0.05) is 26.0 Å². The largest absolute Gasteiger partial charge is 0.481 e. The van der Waals surface area contributed by atoms with Crippen molar-refractivity contribution in [2.45, 2.75) is 46.0 Å². The van der Waals surface area contributed by atoms with Crippen LogP contribution < -0.4 is 5.32 Å². The van der Waals surface area contributed by atoms with Gasteiger partial charge >= 0.3 is 5.97 Å². The molecule has 0 aliphatic carbocycles. The Bertz CT molecular complexity index is 473. The third-order valence-electron chi connectivity index (χ3n) is 3.77. The Morgan fingerprint density at radius 2 is 1.65 bits per heavy atom. The second kappa shape index (κ2) is 6.55. The number of nitrogens with one attached hydrogen (secondary N) is 1. The highest BCUT2D eigenvalue weighted by atomic mass is 16.4. The van der Waals surface area contributed by atoms with E-state index in [0.717, 1.165) is 12.8 Å². The van der Waals surface area contributed by atoms with Gasteiger partial charge in [0.25, 0.3) is 0 Å². The minimum absolute atomic E-state index is 0.0141. The Hall–Kier alpha value is -1.84. The van der Waals surface area contributed by atoms with Crippen molar-refractivity contribution in [2.24, 2.45) is 5.92 Å². The van der Waals surface area contributed by atoms with Crippen molar-refractivity contribution < 1.29 is 14.7 Å². The van der Waals surface area contributed by atoms with Gasteiger partial charge in [0.15, 0.2) is 0 Å². The van der Waals surface area contributed by atoms with E-state index in [0.29, 0.717) is 11.3 Å². The maximum absolute atomic E-state index is 12.0. The number of carboxylic acid groups (broad SMARTS) is 1. The molecule has 1 rings (SSSR count). The zero-order chi connectivity index (χ0) is 15.3. The molecule has 0 saturated heterocycles. The van der Waals surface area contributed by atoms with E-state index in [4.69, 9.17) is 0 Å².